The molecule has 0 aliphatic carbocycles. The van der Waals surface area contributed by atoms with Gasteiger partial charge in [0.15, 0.2) is 5.15 Å². The average Bonchev–Trinajstić information content (AvgIpc) is 2.78. The third-order valence-corrected chi connectivity index (χ3v) is 3.73. The van der Waals surface area contributed by atoms with Gasteiger partial charge in [0, 0.05) is 10.9 Å². The Hall–Kier alpha value is -1.07. The Labute approximate surface area is 131 Å². The highest BCUT2D eigenvalue weighted by atomic mass is 79.9. The van der Waals surface area contributed by atoms with Gasteiger partial charge in [0.05, 0.1) is 17.9 Å². The van der Waals surface area contributed by atoms with Crippen molar-refractivity contribution < 1.29 is 4.39 Å². The van der Waals surface area contributed by atoms with Crippen molar-refractivity contribution in [2.24, 2.45) is 0 Å². The molecular formula is C14H16BrClFN3. The normalized spacial score (nSPS) is 10.8. The molecule has 20 heavy (non-hydrogen) atoms. The second-order valence-electron chi connectivity index (χ2n) is 4.53. The first kappa shape index (κ1) is 15.3. The van der Waals surface area contributed by atoms with Crippen molar-refractivity contribution in [1.82, 2.24) is 9.97 Å². The van der Waals surface area contributed by atoms with Crippen LogP contribution >= 0.6 is 27.5 Å². The number of rotatable bonds is 6. The molecule has 0 bridgehead atoms. The lowest BCUT2D eigenvalue weighted by Crippen LogP contribution is -2.02. The zero-order chi connectivity index (χ0) is 14.5. The Bertz CT molecular complexity index is 586. The lowest BCUT2D eigenvalue weighted by atomic mass is 10.2. The molecule has 0 atom stereocenters. The molecule has 6 heteroatoms. The van der Waals surface area contributed by atoms with Crippen LogP contribution in [0, 0.1) is 5.82 Å². The summed E-state index contributed by atoms with van der Waals surface area (Å²) in [5.41, 5.74) is 1.21. The predicted molar refractivity (Wildman–Crippen MR) is 83.6 cm³/mol. The number of benzene rings is 1. The van der Waals surface area contributed by atoms with Crippen LogP contribution in [0.25, 0.3) is 0 Å². The number of halogens is 3. The minimum Gasteiger partial charge on any atom is -0.377 e. The zero-order valence-corrected chi connectivity index (χ0v) is 13.5. The molecule has 0 aliphatic rings. The standard InChI is InChI=1S/C14H16BrClFN3/c1-2-3-4-13-19-12(14(16)20-13)8-18-11-7-9(15)5-6-10(11)17/h5-7,18H,2-4,8H2,1H3,(H,19,20). The number of anilines is 1. The van der Waals surface area contributed by atoms with Crippen molar-refractivity contribution in [2.75, 3.05) is 5.32 Å². The fourth-order valence-electron chi connectivity index (χ4n) is 1.84. The molecule has 0 aliphatic heterocycles. The van der Waals surface area contributed by atoms with Gasteiger partial charge in [-0.2, -0.15) is 0 Å². The molecule has 0 saturated carbocycles. The van der Waals surface area contributed by atoms with Crippen LogP contribution < -0.4 is 5.32 Å². The summed E-state index contributed by atoms with van der Waals surface area (Å²) in [4.78, 5) is 7.45. The highest BCUT2D eigenvalue weighted by Gasteiger charge is 2.09. The number of aromatic nitrogens is 2. The Morgan fingerprint density at radius 3 is 3.00 bits per heavy atom. The van der Waals surface area contributed by atoms with Crippen LogP contribution in [0.15, 0.2) is 22.7 Å². The highest BCUT2D eigenvalue weighted by molar-refractivity contribution is 9.10. The van der Waals surface area contributed by atoms with Gasteiger partial charge in [-0.25, -0.2) is 9.37 Å². The number of aryl methyl sites for hydroxylation is 1. The van der Waals surface area contributed by atoms with E-state index in [0.717, 1.165) is 35.3 Å². The topological polar surface area (TPSA) is 40.7 Å². The maximum atomic E-state index is 13.6. The van der Waals surface area contributed by atoms with Crippen LogP contribution in [0.1, 0.15) is 31.3 Å². The predicted octanol–water partition coefficient (Wildman–Crippen LogP) is 4.92. The minimum absolute atomic E-state index is 0.296. The van der Waals surface area contributed by atoms with E-state index in [1.807, 2.05) is 0 Å². The Kier molecular flexibility index (Phi) is 5.43. The van der Waals surface area contributed by atoms with Gasteiger partial charge in [-0.3, -0.25) is 0 Å². The molecule has 108 valence electrons. The molecule has 0 saturated heterocycles. The van der Waals surface area contributed by atoms with E-state index in [1.165, 1.54) is 6.07 Å². The summed E-state index contributed by atoms with van der Waals surface area (Å²) in [6.45, 7) is 2.54. The smallest absolute Gasteiger partial charge is 0.152 e. The maximum Gasteiger partial charge on any atom is 0.152 e. The lowest BCUT2D eigenvalue weighted by Gasteiger charge is -2.07. The first-order valence-corrected chi connectivity index (χ1v) is 7.69. The largest absolute Gasteiger partial charge is 0.377 e. The van der Waals surface area contributed by atoms with Gasteiger partial charge in [-0.15, -0.1) is 0 Å². The first-order chi connectivity index (χ1) is 9.60. The number of hydrogen-bond donors (Lipinski definition) is 2. The summed E-state index contributed by atoms with van der Waals surface area (Å²) in [5, 5.41) is 3.46. The molecule has 2 rings (SSSR count). The molecule has 0 spiro atoms. The van der Waals surface area contributed by atoms with Crippen LogP contribution in [-0.2, 0) is 13.0 Å². The van der Waals surface area contributed by atoms with Crippen molar-refractivity contribution in [1.29, 1.82) is 0 Å². The Balaban J connectivity index is 2.03. The van der Waals surface area contributed by atoms with Gasteiger partial charge >= 0.3 is 0 Å². The van der Waals surface area contributed by atoms with E-state index in [4.69, 9.17) is 11.6 Å². The van der Waals surface area contributed by atoms with Gasteiger partial charge in [0.25, 0.3) is 0 Å². The SMILES string of the molecule is CCCCc1nc(Cl)c(CNc2cc(Br)ccc2F)[nH]1. The molecule has 1 aromatic carbocycles. The summed E-state index contributed by atoms with van der Waals surface area (Å²) in [7, 11) is 0. The molecule has 0 unspecified atom stereocenters. The Morgan fingerprint density at radius 1 is 1.45 bits per heavy atom. The van der Waals surface area contributed by atoms with Gasteiger partial charge in [-0.1, -0.05) is 40.9 Å². The summed E-state index contributed by atoms with van der Waals surface area (Å²) in [5.74, 6) is 0.582. The second-order valence-corrected chi connectivity index (χ2v) is 5.81. The third-order valence-electron chi connectivity index (χ3n) is 2.93. The van der Waals surface area contributed by atoms with Crippen LogP contribution in [0.5, 0.6) is 0 Å². The summed E-state index contributed by atoms with van der Waals surface area (Å²) in [6, 6.07) is 4.76. The maximum absolute atomic E-state index is 13.6. The van der Waals surface area contributed by atoms with E-state index < -0.39 is 0 Å². The second kappa shape index (κ2) is 7.09. The summed E-state index contributed by atoms with van der Waals surface area (Å²) >= 11 is 9.39. The minimum atomic E-state index is -0.296. The number of nitrogens with zero attached hydrogens (tertiary/aromatic N) is 1. The van der Waals surface area contributed by atoms with Crippen molar-refractivity contribution in [3.63, 3.8) is 0 Å². The van der Waals surface area contributed by atoms with Crippen LogP contribution in [-0.4, -0.2) is 9.97 Å². The van der Waals surface area contributed by atoms with Crippen molar-refractivity contribution >= 4 is 33.2 Å². The number of imidazole rings is 1. The molecule has 3 nitrogen and oxygen atoms in total. The van der Waals surface area contributed by atoms with E-state index in [2.05, 4.69) is 38.1 Å². The fraction of sp³-hybridized carbons (Fsp3) is 0.357. The molecule has 0 fully saturated rings. The van der Waals surface area contributed by atoms with Crippen molar-refractivity contribution in [3.05, 3.63) is 45.2 Å². The van der Waals surface area contributed by atoms with Gasteiger partial charge < -0.3 is 10.3 Å². The Morgan fingerprint density at radius 2 is 2.25 bits per heavy atom. The summed E-state index contributed by atoms with van der Waals surface area (Å²) < 4.78 is 14.4. The molecule has 0 amide bonds. The monoisotopic (exact) mass is 359 g/mol. The zero-order valence-electron chi connectivity index (χ0n) is 11.1. The van der Waals surface area contributed by atoms with Gasteiger partial charge in [0.1, 0.15) is 11.6 Å². The average molecular weight is 361 g/mol. The van der Waals surface area contributed by atoms with E-state index >= 15 is 0 Å². The van der Waals surface area contributed by atoms with E-state index in [0.29, 0.717) is 17.4 Å². The van der Waals surface area contributed by atoms with E-state index in [9.17, 15) is 4.39 Å². The van der Waals surface area contributed by atoms with Crippen LogP contribution in [0.4, 0.5) is 10.1 Å². The third kappa shape index (κ3) is 3.96. The molecule has 1 heterocycles. The van der Waals surface area contributed by atoms with Gasteiger partial charge in [0.2, 0.25) is 0 Å². The lowest BCUT2D eigenvalue weighted by molar-refractivity contribution is 0.629. The van der Waals surface area contributed by atoms with E-state index in [1.54, 1.807) is 12.1 Å². The molecule has 2 aromatic rings. The first-order valence-electron chi connectivity index (χ1n) is 6.52. The molecule has 1 aromatic heterocycles. The molecule has 2 N–H and O–H groups in total. The van der Waals surface area contributed by atoms with Crippen molar-refractivity contribution in [2.45, 2.75) is 32.7 Å². The van der Waals surface area contributed by atoms with Crippen LogP contribution in [0.2, 0.25) is 5.15 Å². The molecular weight excluding hydrogens is 345 g/mol. The van der Waals surface area contributed by atoms with E-state index in [-0.39, 0.29) is 5.82 Å². The fourth-order valence-corrected chi connectivity index (χ4v) is 2.41. The number of hydrogen-bond acceptors (Lipinski definition) is 2. The number of unbranched alkanes of at least 4 members (excludes halogenated alkanes) is 1. The molecule has 0 radical (unpaired) electrons. The van der Waals surface area contributed by atoms with Crippen LogP contribution in [0.3, 0.4) is 0 Å². The number of nitrogens with one attached hydrogen (secondary N) is 2. The number of aromatic amines is 1. The highest BCUT2D eigenvalue weighted by Crippen LogP contribution is 2.22. The van der Waals surface area contributed by atoms with Gasteiger partial charge in [-0.05, 0) is 24.6 Å². The number of H-pyrrole nitrogens is 1. The quantitative estimate of drug-likeness (QED) is 0.767. The summed E-state index contributed by atoms with van der Waals surface area (Å²) in [6.07, 6.45) is 3.05. The van der Waals surface area contributed by atoms with Crippen molar-refractivity contribution in [3.8, 4) is 0 Å².